The van der Waals surface area contributed by atoms with Crippen LogP contribution in [0.2, 0.25) is 0 Å². The van der Waals surface area contributed by atoms with Crippen LogP contribution in [-0.2, 0) is 0 Å². The van der Waals surface area contributed by atoms with Crippen LogP contribution in [0, 0.1) is 23.2 Å². The minimum atomic E-state index is 0.273. The molecule has 0 amide bonds. The van der Waals surface area contributed by atoms with Crippen LogP contribution in [0.1, 0.15) is 30.7 Å². The fourth-order valence-corrected chi connectivity index (χ4v) is 3.83. The van der Waals surface area contributed by atoms with Gasteiger partial charge in [-0.25, -0.2) is 15.0 Å². The first-order valence-electron chi connectivity index (χ1n) is 8.99. The summed E-state index contributed by atoms with van der Waals surface area (Å²) in [6, 6.07) is 8.68. The van der Waals surface area contributed by atoms with Gasteiger partial charge in [0.1, 0.15) is 11.8 Å². The van der Waals surface area contributed by atoms with Gasteiger partial charge in [-0.05, 0) is 37.3 Å². The van der Waals surface area contributed by atoms with Gasteiger partial charge in [0.05, 0.1) is 6.04 Å². The third kappa shape index (κ3) is 3.37. The third-order valence-electron chi connectivity index (χ3n) is 5.06. The van der Waals surface area contributed by atoms with Crippen molar-refractivity contribution in [3.63, 3.8) is 0 Å². The Morgan fingerprint density at radius 3 is 2.81 bits per heavy atom. The van der Waals surface area contributed by atoms with Crippen LogP contribution in [-0.4, -0.2) is 51.6 Å². The lowest BCUT2D eigenvalue weighted by atomic mass is 9.93. The van der Waals surface area contributed by atoms with E-state index >= 15 is 0 Å². The van der Waals surface area contributed by atoms with E-state index in [-0.39, 0.29) is 6.04 Å². The zero-order valence-electron chi connectivity index (χ0n) is 14.5. The van der Waals surface area contributed by atoms with Gasteiger partial charge < -0.3 is 4.90 Å². The van der Waals surface area contributed by atoms with Gasteiger partial charge in [-0.15, -0.1) is 0 Å². The molecule has 0 aromatic carbocycles. The zero-order valence-corrected chi connectivity index (χ0v) is 14.5. The summed E-state index contributed by atoms with van der Waals surface area (Å²) in [6.45, 7) is 2.63. The Hall–Kier alpha value is -2.96. The van der Waals surface area contributed by atoms with Crippen molar-refractivity contribution in [1.29, 1.82) is 5.26 Å². The molecule has 6 nitrogen and oxygen atoms in total. The van der Waals surface area contributed by atoms with Crippen molar-refractivity contribution in [1.82, 2.24) is 19.9 Å². The minimum absolute atomic E-state index is 0.273. The lowest BCUT2D eigenvalue weighted by Crippen LogP contribution is -2.58. The Bertz CT molecular complexity index is 863. The highest BCUT2D eigenvalue weighted by Crippen LogP contribution is 2.28. The van der Waals surface area contributed by atoms with E-state index in [0.717, 1.165) is 38.2 Å². The summed E-state index contributed by atoms with van der Waals surface area (Å²) in [7, 11) is 0. The highest BCUT2D eigenvalue weighted by molar-refractivity contribution is 5.50. The third-order valence-corrected chi connectivity index (χ3v) is 5.06. The molecule has 0 spiro atoms. The molecule has 2 unspecified atom stereocenters. The van der Waals surface area contributed by atoms with Crippen LogP contribution in [0.5, 0.6) is 0 Å². The Morgan fingerprint density at radius 1 is 1.04 bits per heavy atom. The largest absolute Gasteiger partial charge is 0.351 e. The lowest BCUT2D eigenvalue weighted by Gasteiger charge is -2.47. The predicted octanol–water partition coefficient (Wildman–Crippen LogP) is 1.84. The van der Waals surface area contributed by atoms with Crippen molar-refractivity contribution in [2.75, 3.05) is 24.5 Å². The van der Waals surface area contributed by atoms with E-state index in [1.807, 2.05) is 18.2 Å². The fraction of sp³-hybridized carbons (Fsp3) is 0.400. The second-order valence-electron chi connectivity index (χ2n) is 6.61. The molecular formula is C20H20N6. The number of piperidine rings is 1. The molecular weight excluding hydrogens is 324 g/mol. The van der Waals surface area contributed by atoms with Gasteiger partial charge in [0.25, 0.3) is 0 Å². The van der Waals surface area contributed by atoms with Gasteiger partial charge in [0.2, 0.25) is 0 Å². The van der Waals surface area contributed by atoms with Crippen LogP contribution >= 0.6 is 0 Å². The number of hydrogen-bond donors (Lipinski definition) is 0. The molecule has 0 bridgehead atoms. The van der Waals surface area contributed by atoms with Gasteiger partial charge in [-0.2, -0.15) is 5.26 Å². The summed E-state index contributed by atoms with van der Waals surface area (Å²) in [5.74, 6) is 7.36. The van der Waals surface area contributed by atoms with Crippen molar-refractivity contribution < 1.29 is 0 Å². The number of pyridine rings is 1. The van der Waals surface area contributed by atoms with Gasteiger partial charge >= 0.3 is 0 Å². The van der Waals surface area contributed by atoms with Crippen LogP contribution in [0.3, 0.4) is 0 Å². The monoisotopic (exact) mass is 344 g/mol. The molecule has 0 N–H and O–H groups in total. The molecule has 4 heterocycles. The van der Waals surface area contributed by atoms with Crippen LogP contribution in [0.25, 0.3) is 0 Å². The van der Waals surface area contributed by atoms with Gasteiger partial charge in [0, 0.05) is 44.3 Å². The lowest BCUT2D eigenvalue weighted by molar-refractivity contribution is 0.100. The number of fused-ring (bicyclic) bond motifs is 1. The number of anilines is 1. The van der Waals surface area contributed by atoms with Crippen molar-refractivity contribution in [2.45, 2.75) is 31.3 Å². The van der Waals surface area contributed by atoms with Gasteiger partial charge in [-0.1, -0.05) is 12.0 Å². The summed E-state index contributed by atoms with van der Waals surface area (Å²) in [5.41, 5.74) is 1.23. The Morgan fingerprint density at radius 2 is 1.96 bits per heavy atom. The van der Waals surface area contributed by atoms with Crippen LogP contribution in [0.4, 0.5) is 5.82 Å². The Labute approximate surface area is 153 Å². The van der Waals surface area contributed by atoms with E-state index in [1.54, 1.807) is 18.6 Å². The smallest absolute Gasteiger partial charge is 0.183 e. The SMILES string of the molecule is N#Cc1nccnc1N1CCN2C(C#Cc3ccccn3)CCCC2C1. The molecule has 2 aliphatic heterocycles. The molecule has 2 atom stereocenters. The molecule has 0 aliphatic carbocycles. The molecule has 4 rings (SSSR count). The first-order valence-corrected chi connectivity index (χ1v) is 8.99. The average molecular weight is 344 g/mol. The maximum Gasteiger partial charge on any atom is 0.183 e. The summed E-state index contributed by atoms with van der Waals surface area (Å²) < 4.78 is 0. The second kappa shape index (κ2) is 7.51. The highest BCUT2D eigenvalue weighted by Gasteiger charge is 2.35. The zero-order chi connectivity index (χ0) is 17.8. The average Bonchev–Trinajstić information content (AvgIpc) is 2.72. The van der Waals surface area contributed by atoms with Crippen molar-refractivity contribution in [3.05, 3.63) is 48.2 Å². The molecule has 2 fully saturated rings. The van der Waals surface area contributed by atoms with E-state index in [1.165, 1.54) is 6.42 Å². The minimum Gasteiger partial charge on any atom is -0.351 e. The summed E-state index contributed by atoms with van der Waals surface area (Å²) >= 11 is 0. The number of nitrogens with zero attached hydrogens (tertiary/aromatic N) is 6. The fourth-order valence-electron chi connectivity index (χ4n) is 3.83. The van der Waals surface area contributed by atoms with E-state index in [0.29, 0.717) is 17.6 Å². The summed E-state index contributed by atoms with van der Waals surface area (Å²) in [4.78, 5) is 17.5. The number of piperazine rings is 1. The molecule has 2 aliphatic rings. The standard InChI is InChI=1S/C20H20N6/c21-14-19-20(24-11-10-23-19)25-12-13-26-17(5-3-6-18(26)15-25)8-7-16-4-1-2-9-22-16/h1-2,4,9-11,17-18H,3,5-6,12-13,15H2. The topological polar surface area (TPSA) is 68.9 Å². The van der Waals surface area contributed by atoms with E-state index in [4.69, 9.17) is 0 Å². The molecule has 6 heteroatoms. The maximum atomic E-state index is 9.29. The Kier molecular flexibility index (Phi) is 4.77. The molecule has 0 radical (unpaired) electrons. The molecule has 0 saturated carbocycles. The van der Waals surface area contributed by atoms with Gasteiger partial charge in [-0.3, -0.25) is 4.90 Å². The maximum absolute atomic E-state index is 9.29. The normalized spacial score (nSPS) is 22.7. The number of hydrogen-bond acceptors (Lipinski definition) is 6. The second-order valence-corrected chi connectivity index (χ2v) is 6.61. The number of aromatic nitrogens is 3. The molecule has 2 aromatic rings. The van der Waals surface area contributed by atoms with Crippen molar-refractivity contribution in [3.8, 4) is 17.9 Å². The molecule has 130 valence electrons. The van der Waals surface area contributed by atoms with Crippen LogP contribution < -0.4 is 4.90 Å². The van der Waals surface area contributed by atoms with Gasteiger partial charge in [0.15, 0.2) is 11.5 Å². The highest BCUT2D eigenvalue weighted by atomic mass is 15.3. The quantitative estimate of drug-likeness (QED) is 0.735. The number of rotatable bonds is 1. The molecule has 2 saturated heterocycles. The van der Waals surface area contributed by atoms with Crippen LogP contribution in [0.15, 0.2) is 36.8 Å². The van der Waals surface area contributed by atoms with E-state index in [2.05, 4.69) is 42.7 Å². The van der Waals surface area contributed by atoms with Crippen molar-refractivity contribution in [2.24, 2.45) is 0 Å². The predicted molar refractivity (Wildman–Crippen MR) is 98.2 cm³/mol. The van der Waals surface area contributed by atoms with E-state index in [9.17, 15) is 5.26 Å². The summed E-state index contributed by atoms with van der Waals surface area (Å²) in [5, 5.41) is 9.29. The Balaban J connectivity index is 1.49. The first-order chi connectivity index (χ1) is 12.8. The number of nitriles is 1. The van der Waals surface area contributed by atoms with E-state index < -0.39 is 0 Å². The first kappa shape index (κ1) is 16.5. The van der Waals surface area contributed by atoms with Crippen molar-refractivity contribution >= 4 is 5.82 Å². The molecule has 2 aromatic heterocycles. The molecule has 26 heavy (non-hydrogen) atoms. The summed E-state index contributed by atoms with van der Waals surface area (Å²) in [6.07, 6.45) is 8.43.